The summed E-state index contributed by atoms with van der Waals surface area (Å²) in [6, 6.07) is 13.0. The van der Waals surface area contributed by atoms with Crippen LogP contribution in [-0.2, 0) is 14.3 Å². The second-order valence-electron chi connectivity index (χ2n) is 5.74. The minimum absolute atomic E-state index is 0.0673. The number of aryl methyl sites for hydroxylation is 1. The molecule has 0 amide bonds. The molecule has 1 heterocycles. The zero-order valence-electron chi connectivity index (χ0n) is 14.5. The van der Waals surface area contributed by atoms with E-state index in [4.69, 9.17) is 15.4 Å². The van der Waals surface area contributed by atoms with E-state index in [1.807, 2.05) is 42.6 Å². The smallest absolute Gasteiger partial charge is 0.340 e. The maximum atomic E-state index is 12.5. The number of nitriles is 1. The molecule has 0 unspecified atom stereocenters. The minimum atomic E-state index is -1.19. The van der Waals surface area contributed by atoms with Crippen LogP contribution in [0.1, 0.15) is 22.9 Å². The summed E-state index contributed by atoms with van der Waals surface area (Å²) in [6.45, 7) is 2.80. The lowest BCUT2D eigenvalue weighted by Gasteiger charge is -2.09. The number of ether oxygens (including phenoxy) is 1. The number of hydrogen-bond acceptors (Lipinski definition) is 6. The van der Waals surface area contributed by atoms with E-state index in [-0.39, 0.29) is 5.71 Å². The van der Waals surface area contributed by atoms with Crippen molar-refractivity contribution in [1.82, 2.24) is 0 Å². The zero-order chi connectivity index (χ0) is 19.1. The van der Waals surface area contributed by atoms with Crippen LogP contribution >= 0.6 is 11.3 Å². The van der Waals surface area contributed by atoms with E-state index in [1.165, 1.54) is 18.3 Å². The van der Waals surface area contributed by atoms with Crippen molar-refractivity contribution in [3.63, 3.8) is 0 Å². The monoisotopic (exact) mass is 366 g/mol. The molecule has 6 heteroatoms. The van der Waals surface area contributed by atoms with Crippen LogP contribution in [0.15, 0.2) is 41.8 Å². The van der Waals surface area contributed by atoms with Crippen molar-refractivity contribution in [3.05, 3.63) is 57.8 Å². The fourth-order valence-electron chi connectivity index (χ4n) is 2.30. The average molecular weight is 366 g/mol. The summed E-state index contributed by atoms with van der Waals surface area (Å²) in [4.78, 5) is 25.2. The van der Waals surface area contributed by atoms with Gasteiger partial charge in [-0.15, -0.1) is 11.3 Å². The third-order valence-corrected chi connectivity index (χ3v) is 4.49. The van der Waals surface area contributed by atoms with Crippen LogP contribution in [0.3, 0.4) is 0 Å². The van der Waals surface area contributed by atoms with Gasteiger partial charge in [-0.05, 0) is 36.9 Å². The molecule has 0 fully saturated rings. The average Bonchev–Trinajstić information content (AvgIpc) is 3.12. The van der Waals surface area contributed by atoms with Gasteiger partial charge in [0, 0.05) is 10.6 Å². The standard InChI is InChI=1S/C20H18N2O3S/c1-13-5-3-6-15(9-13)10-16(19-7-4-8-26-19)20(24)25-12-18(23)17(11-21)14(2)22/h3-10,17,22H,12H2,1-2H3/b16-10+,22-14?/t17-/m0/s1. The Balaban J connectivity index is 2.22. The van der Waals surface area contributed by atoms with E-state index in [9.17, 15) is 9.59 Å². The molecule has 0 saturated carbocycles. The SMILES string of the molecule is CC(=N)[C@H](C#N)C(=O)COC(=O)/C(=C/c1cccc(C)c1)c1cccs1. The second-order valence-corrected chi connectivity index (χ2v) is 6.68. The first kappa shape index (κ1) is 19.3. The molecule has 5 nitrogen and oxygen atoms in total. The number of hydrogen-bond donors (Lipinski definition) is 1. The summed E-state index contributed by atoms with van der Waals surface area (Å²) in [5.41, 5.74) is 2.19. The predicted octanol–water partition coefficient (Wildman–Crippen LogP) is 3.89. The lowest BCUT2D eigenvalue weighted by Crippen LogP contribution is -2.25. The molecule has 0 bridgehead atoms. The Morgan fingerprint density at radius 1 is 1.35 bits per heavy atom. The highest BCUT2D eigenvalue weighted by Crippen LogP contribution is 2.24. The summed E-state index contributed by atoms with van der Waals surface area (Å²) in [5.74, 6) is -2.43. The van der Waals surface area contributed by atoms with Gasteiger partial charge >= 0.3 is 5.97 Å². The highest BCUT2D eigenvalue weighted by Gasteiger charge is 2.23. The molecule has 1 atom stereocenters. The van der Waals surface area contributed by atoms with Crippen molar-refractivity contribution in [3.8, 4) is 6.07 Å². The molecule has 0 aliphatic carbocycles. The normalized spacial score (nSPS) is 12.1. The number of carbonyl (C=O) groups excluding carboxylic acids is 2. The Morgan fingerprint density at radius 2 is 2.12 bits per heavy atom. The first-order valence-electron chi connectivity index (χ1n) is 7.89. The van der Waals surface area contributed by atoms with Gasteiger partial charge in [-0.25, -0.2) is 4.79 Å². The Kier molecular flexibility index (Phi) is 6.59. The molecule has 0 radical (unpaired) electrons. The molecule has 1 aromatic heterocycles. The van der Waals surface area contributed by atoms with Gasteiger partial charge in [0.05, 0.1) is 11.6 Å². The van der Waals surface area contributed by atoms with Gasteiger partial charge in [-0.2, -0.15) is 5.26 Å². The van der Waals surface area contributed by atoms with Crippen molar-refractivity contribution in [2.24, 2.45) is 5.92 Å². The van der Waals surface area contributed by atoms with Crippen LogP contribution in [0, 0.1) is 29.6 Å². The van der Waals surface area contributed by atoms with Gasteiger partial charge in [-0.1, -0.05) is 35.9 Å². The fourth-order valence-corrected chi connectivity index (χ4v) is 3.03. The molecule has 2 rings (SSSR count). The van der Waals surface area contributed by atoms with Crippen LogP contribution in [0.5, 0.6) is 0 Å². The van der Waals surface area contributed by atoms with E-state index in [0.29, 0.717) is 5.57 Å². The van der Waals surface area contributed by atoms with Gasteiger partial charge in [0.15, 0.2) is 12.4 Å². The summed E-state index contributed by atoms with van der Waals surface area (Å²) in [7, 11) is 0. The molecule has 1 N–H and O–H groups in total. The lowest BCUT2D eigenvalue weighted by atomic mass is 10.0. The Labute approximate surface area is 156 Å². The van der Waals surface area contributed by atoms with Gasteiger partial charge in [-0.3, -0.25) is 4.79 Å². The molecule has 132 valence electrons. The third kappa shape index (κ3) is 4.98. The maximum Gasteiger partial charge on any atom is 0.340 e. The van der Waals surface area contributed by atoms with Gasteiger partial charge < -0.3 is 10.1 Å². The van der Waals surface area contributed by atoms with Gasteiger partial charge in [0.1, 0.15) is 5.92 Å². The van der Waals surface area contributed by atoms with Crippen molar-refractivity contribution in [1.29, 1.82) is 10.7 Å². The van der Waals surface area contributed by atoms with Crippen LogP contribution < -0.4 is 0 Å². The van der Waals surface area contributed by atoms with E-state index in [2.05, 4.69) is 0 Å². The number of nitrogens with one attached hydrogen (secondary N) is 1. The Hall–Kier alpha value is -3.04. The van der Waals surface area contributed by atoms with Crippen LogP contribution in [-0.4, -0.2) is 24.1 Å². The summed E-state index contributed by atoms with van der Waals surface area (Å²) >= 11 is 1.39. The molecule has 0 aliphatic rings. The Morgan fingerprint density at radius 3 is 2.69 bits per heavy atom. The zero-order valence-corrected chi connectivity index (χ0v) is 15.3. The Bertz CT molecular complexity index is 892. The van der Waals surface area contributed by atoms with E-state index >= 15 is 0 Å². The quantitative estimate of drug-likeness (QED) is 0.457. The molecular weight excluding hydrogens is 348 g/mol. The molecule has 0 aliphatic heterocycles. The molecule has 1 aromatic carbocycles. The fraction of sp³-hybridized carbons (Fsp3) is 0.200. The van der Waals surface area contributed by atoms with Crippen LogP contribution in [0.2, 0.25) is 0 Å². The molecular formula is C20H18N2O3S. The largest absolute Gasteiger partial charge is 0.454 e. The number of benzene rings is 1. The van der Waals surface area contributed by atoms with E-state index in [0.717, 1.165) is 16.0 Å². The molecule has 0 saturated heterocycles. The van der Waals surface area contributed by atoms with Gasteiger partial charge in [0.2, 0.25) is 0 Å². The highest BCUT2D eigenvalue weighted by molar-refractivity contribution is 7.11. The number of Topliss-reactive ketones (excluding diaryl/α,β-unsaturated/α-hetero) is 1. The van der Waals surface area contributed by atoms with E-state index < -0.39 is 24.3 Å². The van der Waals surface area contributed by atoms with Crippen molar-refractivity contribution < 1.29 is 14.3 Å². The predicted molar refractivity (Wildman–Crippen MR) is 102 cm³/mol. The topological polar surface area (TPSA) is 91.0 Å². The number of ketones is 1. The maximum absolute atomic E-state index is 12.5. The number of thiophene rings is 1. The molecule has 26 heavy (non-hydrogen) atoms. The second kappa shape index (κ2) is 8.88. The molecule has 0 spiro atoms. The number of rotatable bonds is 7. The number of nitrogens with zero attached hydrogens (tertiary/aromatic N) is 1. The summed E-state index contributed by atoms with van der Waals surface area (Å²) in [5, 5.41) is 18.2. The number of carbonyl (C=O) groups is 2. The van der Waals surface area contributed by atoms with Crippen molar-refractivity contribution in [2.45, 2.75) is 13.8 Å². The number of esters is 1. The minimum Gasteiger partial charge on any atom is -0.454 e. The van der Waals surface area contributed by atoms with E-state index in [1.54, 1.807) is 18.2 Å². The van der Waals surface area contributed by atoms with Crippen LogP contribution in [0.25, 0.3) is 11.6 Å². The van der Waals surface area contributed by atoms with Crippen LogP contribution in [0.4, 0.5) is 0 Å². The van der Waals surface area contributed by atoms with Gasteiger partial charge in [0.25, 0.3) is 0 Å². The summed E-state index contributed by atoms with van der Waals surface area (Å²) < 4.78 is 5.13. The third-order valence-electron chi connectivity index (χ3n) is 3.59. The first-order chi connectivity index (χ1) is 12.4. The van der Waals surface area contributed by atoms with Crippen molar-refractivity contribution in [2.75, 3.05) is 6.61 Å². The molecule has 2 aromatic rings. The van der Waals surface area contributed by atoms with Crippen molar-refractivity contribution >= 4 is 40.5 Å². The summed E-state index contributed by atoms with van der Waals surface area (Å²) in [6.07, 6.45) is 1.72. The lowest BCUT2D eigenvalue weighted by molar-refractivity contribution is -0.142. The highest BCUT2D eigenvalue weighted by atomic mass is 32.1. The first-order valence-corrected chi connectivity index (χ1v) is 8.77.